The van der Waals surface area contributed by atoms with Gasteiger partial charge in [-0.2, -0.15) is 16.8 Å². The van der Waals surface area contributed by atoms with Gasteiger partial charge in [0.2, 0.25) is 0 Å². The maximum atomic E-state index is 12.1. The summed E-state index contributed by atoms with van der Waals surface area (Å²) in [5, 5.41) is 0. The Labute approximate surface area is 257 Å². The molecule has 0 bridgehead atoms. The van der Waals surface area contributed by atoms with Gasteiger partial charge in [0, 0.05) is 35.3 Å². The van der Waals surface area contributed by atoms with Gasteiger partial charge in [0.05, 0.1) is 11.3 Å². The third-order valence-electron chi connectivity index (χ3n) is 8.13. The highest BCUT2D eigenvalue weighted by atomic mass is 32.2. The summed E-state index contributed by atoms with van der Waals surface area (Å²) in [7, 11) is -8.59. The van der Waals surface area contributed by atoms with Gasteiger partial charge < -0.3 is 4.90 Å². The Kier molecular flexibility index (Phi) is 8.45. The van der Waals surface area contributed by atoms with E-state index in [2.05, 4.69) is 31.7 Å². The molecule has 0 amide bonds. The molecule has 0 atom stereocenters. The molecule has 4 rings (SSSR count). The number of rotatable bonds is 7. The van der Waals surface area contributed by atoms with Crippen LogP contribution in [0.4, 0.5) is 5.69 Å². The highest BCUT2D eigenvalue weighted by Gasteiger charge is 2.39. The molecule has 1 aromatic carbocycles. The Hall–Kier alpha value is -2.79. The quantitative estimate of drug-likeness (QED) is 0.333. The van der Waals surface area contributed by atoms with Crippen molar-refractivity contribution in [2.45, 2.75) is 73.3 Å². The van der Waals surface area contributed by atoms with E-state index in [-0.39, 0.29) is 5.41 Å². The summed E-state index contributed by atoms with van der Waals surface area (Å²) in [6.45, 7) is 19.5. The summed E-state index contributed by atoms with van der Waals surface area (Å²) in [5.74, 6) is -1.02. The molecule has 2 aliphatic carbocycles. The standard InChI is InChI=1S/C33H44N2O6S2/c1-10-34-29-15-27-21(13-25(29)23(17-31(3,4)5)19-42(36,37)38)12-22-14-26-24(20-43(39,40)41)18-32(6,7)35(11-2)30(26)16-28(22)33(27,8)9/h12-18H,10-11,19-20H2,1-9H3,(H,36,37,38)(H,39,40,41)/b23-17-,34-29?. The van der Waals surface area contributed by atoms with Gasteiger partial charge in [-0.05, 0) is 96.9 Å². The molecule has 1 aromatic rings. The van der Waals surface area contributed by atoms with Gasteiger partial charge in [0.15, 0.2) is 0 Å². The van der Waals surface area contributed by atoms with E-state index in [1.807, 2.05) is 78.0 Å². The Morgan fingerprint density at radius 2 is 1.63 bits per heavy atom. The van der Waals surface area contributed by atoms with Crippen molar-refractivity contribution >= 4 is 43.3 Å². The van der Waals surface area contributed by atoms with Gasteiger partial charge in [-0.15, -0.1) is 0 Å². The number of likely N-dealkylation sites (N-methyl/N-ethyl adjacent to an activating group) is 1. The highest BCUT2D eigenvalue weighted by Crippen LogP contribution is 2.50. The van der Waals surface area contributed by atoms with Gasteiger partial charge in [-0.1, -0.05) is 46.8 Å². The molecule has 8 nitrogen and oxygen atoms in total. The number of allylic oxidation sites excluding steroid dienone is 6. The summed E-state index contributed by atoms with van der Waals surface area (Å²) in [4.78, 5) is 6.99. The Bertz CT molecular complexity index is 1760. The minimum absolute atomic E-state index is 0.358. The Morgan fingerprint density at radius 1 is 0.977 bits per heavy atom. The molecule has 1 heterocycles. The topological polar surface area (TPSA) is 124 Å². The van der Waals surface area contributed by atoms with E-state index in [0.717, 1.165) is 33.5 Å². The molecule has 0 aromatic heterocycles. The third-order valence-corrected chi connectivity index (χ3v) is 9.48. The third kappa shape index (κ3) is 6.98. The molecular weight excluding hydrogens is 585 g/mol. The molecule has 43 heavy (non-hydrogen) atoms. The Morgan fingerprint density at radius 3 is 2.16 bits per heavy atom. The fourth-order valence-electron chi connectivity index (χ4n) is 6.59. The van der Waals surface area contributed by atoms with Gasteiger partial charge in [-0.3, -0.25) is 14.1 Å². The summed E-state index contributed by atoms with van der Waals surface area (Å²) in [5.41, 5.74) is 6.60. The van der Waals surface area contributed by atoms with Crippen molar-refractivity contribution < 1.29 is 25.9 Å². The molecule has 0 radical (unpaired) electrons. The van der Waals surface area contributed by atoms with E-state index in [1.165, 1.54) is 0 Å². The van der Waals surface area contributed by atoms with Crippen LogP contribution in [0.5, 0.6) is 0 Å². The average molecular weight is 629 g/mol. The lowest BCUT2D eigenvalue weighted by atomic mass is 9.66. The second-order valence-electron chi connectivity index (χ2n) is 13.7. The zero-order valence-electron chi connectivity index (χ0n) is 26.6. The van der Waals surface area contributed by atoms with Crippen molar-refractivity contribution in [2.24, 2.45) is 10.4 Å². The molecule has 10 heteroatoms. The zero-order chi connectivity index (χ0) is 32.3. The van der Waals surface area contributed by atoms with Crippen LogP contribution >= 0.6 is 0 Å². The number of hydrogen-bond acceptors (Lipinski definition) is 6. The van der Waals surface area contributed by atoms with Gasteiger partial charge in [0.25, 0.3) is 20.2 Å². The first-order valence-electron chi connectivity index (χ1n) is 14.6. The highest BCUT2D eigenvalue weighted by molar-refractivity contribution is 7.86. The number of benzene rings is 1. The van der Waals surface area contributed by atoms with Crippen molar-refractivity contribution in [3.05, 3.63) is 75.4 Å². The van der Waals surface area contributed by atoms with E-state index >= 15 is 0 Å². The molecule has 2 N–H and O–H groups in total. The maximum absolute atomic E-state index is 12.1. The van der Waals surface area contributed by atoms with Crippen LogP contribution in [-0.4, -0.2) is 61.8 Å². The van der Waals surface area contributed by atoms with Crippen LogP contribution in [0.2, 0.25) is 0 Å². The van der Waals surface area contributed by atoms with Crippen molar-refractivity contribution in [3.63, 3.8) is 0 Å². The second kappa shape index (κ2) is 11.0. The summed E-state index contributed by atoms with van der Waals surface area (Å²) < 4.78 is 67.9. The van der Waals surface area contributed by atoms with Crippen molar-refractivity contribution in [2.75, 3.05) is 29.5 Å². The minimum atomic E-state index is -4.32. The Balaban J connectivity index is 2.01. The van der Waals surface area contributed by atoms with Gasteiger partial charge in [0.1, 0.15) is 11.5 Å². The summed E-state index contributed by atoms with van der Waals surface area (Å²) in [6, 6.07) is 4.14. The van der Waals surface area contributed by atoms with Crippen LogP contribution in [0.3, 0.4) is 0 Å². The van der Waals surface area contributed by atoms with Crippen molar-refractivity contribution in [1.82, 2.24) is 0 Å². The second-order valence-corrected chi connectivity index (χ2v) is 16.6. The van der Waals surface area contributed by atoms with Crippen molar-refractivity contribution in [1.29, 1.82) is 0 Å². The van der Waals surface area contributed by atoms with Gasteiger partial charge in [-0.25, -0.2) is 0 Å². The summed E-state index contributed by atoms with van der Waals surface area (Å²) in [6.07, 6.45) is 9.80. The maximum Gasteiger partial charge on any atom is 0.269 e. The molecule has 0 unspecified atom stereocenters. The molecular formula is C33H44N2O6S2. The molecule has 0 fully saturated rings. The van der Waals surface area contributed by atoms with Crippen LogP contribution < -0.4 is 4.90 Å². The van der Waals surface area contributed by atoms with Crippen LogP contribution in [0, 0.1) is 5.41 Å². The smallest absolute Gasteiger partial charge is 0.269 e. The number of hydrogen-bond donors (Lipinski definition) is 2. The molecule has 0 spiro atoms. The molecule has 1 aliphatic heterocycles. The van der Waals surface area contributed by atoms with E-state index in [0.29, 0.717) is 35.5 Å². The molecule has 0 saturated carbocycles. The first kappa shape index (κ1) is 33.1. The fourth-order valence-corrected chi connectivity index (χ4v) is 7.85. The largest absolute Gasteiger partial charge is 0.363 e. The molecule has 234 valence electrons. The van der Waals surface area contributed by atoms with E-state index in [1.54, 1.807) is 0 Å². The number of anilines is 1. The van der Waals surface area contributed by atoms with E-state index < -0.39 is 42.7 Å². The van der Waals surface area contributed by atoms with Crippen LogP contribution in [0.1, 0.15) is 79.0 Å². The van der Waals surface area contributed by atoms with Crippen LogP contribution in [0.25, 0.3) is 11.6 Å². The van der Waals surface area contributed by atoms with Gasteiger partial charge >= 0.3 is 0 Å². The monoisotopic (exact) mass is 628 g/mol. The fraction of sp³-hybridized carbons (Fsp3) is 0.485. The van der Waals surface area contributed by atoms with E-state index in [4.69, 9.17) is 4.99 Å². The first-order chi connectivity index (χ1) is 19.6. The summed E-state index contributed by atoms with van der Waals surface area (Å²) >= 11 is 0. The average Bonchev–Trinajstić information content (AvgIpc) is 2.80. The molecule has 0 saturated heterocycles. The lowest BCUT2D eigenvalue weighted by molar-refractivity contribution is 0.483. The predicted molar refractivity (Wildman–Crippen MR) is 177 cm³/mol. The lowest BCUT2D eigenvalue weighted by Gasteiger charge is -2.45. The number of fused-ring (bicyclic) bond motifs is 3. The lowest BCUT2D eigenvalue weighted by Crippen LogP contribution is -2.45. The van der Waals surface area contributed by atoms with Crippen molar-refractivity contribution in [3.8, 4) is 0 Å². The van der Waals surface area contributed by atoms with Crippen LogP contribution in [-0.2, 0) is 25.7 Å². The number of aliphatic imine (C=N–C) groups is 1. The first-order valence-corrected chi connectivity index (χ1v) is 17.8. The minimum Gasteiger partial charge on any atom is -0.363 e. The predicted octanol–water partition coefficient (Wildman–Crippen LogP) is 6.44. The SMILES string of the molecule is CCN=C1C=C2C(=Cc3cc4c(cc3C2(C)C)N(CC)C(C)(C)C=C4CS(=O)(=O)O)C=C1/C(=C\C(C)(C)C)CS(=O)(=O)O. The molecule has 3 aliphatic rings. The zero-order valence-corrected chi connectivity index (χ0v) is 28.2. The number of nitrogens with zero attached hydrogens (tertiary/aromatic N) is 2. The van der Waals surface area contributed by atoms with E-state index in [9.17, 15) is 25.9 Å². The van der Waals surface area contributed by atoms with Crippen LogP contribution in [0.15, 0.2) is 63.7 Å². The normalized spacial score (nSPS) is 20.9.